The number of nitrogens with one attached hydrogen (secondary N) is 1. The van der Waals surface area contributed by atoms with E-state index in [1.807, 2.05) is 55.5 Å². The van der Waals surface area contributed by atoms with E-state index in [1.165, 1.54) is 18.4 Å². The van der Waals surface area contributed by atoms with Crippen LogP contribution in [-0.4, -0.2) is 35.3 Å². The minimum Gasteiger partial charge on any atom is -0.352 e. The monoisotopic (exact) mass is 378 g/mol. The van der Waals surface area contributed by atoms with E-state index in [4.69, 9.17) is 0 Å². The molecule has 4 nitrogen and oxygen atoms in total. The first kappa shape index (κ1) is 20.1. The number of rotatable bonds is 8. The lowest BCUT2D eigenvalue weighted by molar-refractivity contribution is -0.139. The Balaban J connectivity index is 1.68. The van der Waals surface area contributed by atoms with Gasteiger partial charge in [-0.2, -0.15) is 0 Å². The highest BCUT2D eigenvalue weighted by Gasteiger charge is 2.28. The van der Waals surface area contributed by atoms with Crippen LogP contribution in [-0.2, 0) is 22.4 Å². The number of nitrogens with zero attached hydrogens (tertiary/aromatic N) is 1. The molecule has 1 aliphatic carbocycles. The lowest BCUT2D eigenvalue weighted by Crippen LogP contribution is -2.51. The topological polar surface area (TPSA) is 49.4 Å². The molecule has 1 aliphatic rings. The molecule has 0 spiro atoms. The van der Waals surface area contributed by atoms with Crippen LogP contribution in [0, 0.1) is 0 Å². The van der Waals surface area contributed by atoms with Crippen LogP contribution in [0.25, 0.3) is 0 Å². The van der Waals surface area contributed by atoms with Crippen LogP contribution in [0.3, 0.4) is 0 Å². The number of amides is 2. The summed E-state index contributed by atoms with van der Waals surface area (Å²) in [7, 11) is 0. The predicted molar refractivity (Wildman–Crippen MR) is 112 cm³/mol. The maximum absolute atomic E-state index is 13.1. The van der Waals surface area contributed by atoms with Crippen molar-refractivity contribution in [2.45, 2.75) is 57.5 Å². The Kier molecular flexibility index (Phi) is 7.24. The molecule has 4 heteroatoms. The Morgan fingerprint density at radius 2 is 1.54 bits per heavy atom. The molecular formula is C24H30N2O2. The second-order valence-corrected chi connectivity index (χ2v) is 7.65. The zero-order valence-electron chi connectivity index (χ0n) is 16.6. The van der Waals surface area contributed by atoms with Crippen LogP contribution in [0.5, 0.6) is 0 Å². The van der Waals surface area contributed by atoms with E-state index in [0.29, 0.717) is 13.0 Å². The van der Waals surface area contributed by atoms with Gasteiger partial charge >= 0.3 is 0 Å². The van der Waals surface area contributed by atoms with E-state index in [-0.39, 0.29) is 17.9 Å². The van der Waals surface area contributed by atoms with Gasteiger partial charge in [0.1, 0.15) is 6.04 Å². The van der Waals surface area contributed by atoms with Gasteiger partial charge in [-0.1, -0.05) is 73.5 Å². The molecule has 1 atom stereocenters. The number of carbonyl (C=O) groups is 2. The van der Waals surface area contributed by atoms with Crippen LogP contribution in [0.4, 0.5) is 0 Å². The van der Waals surface area contributed by atoms with E-state index in [0.717, 1.165) is 24.8 Å². The maximum atomic E-state index is 13.1. The van der Waals surface area contributed by atoms with Gasteiger partial charge in [0, 0.05) is 12.6 Å². The van der Waals surface area contributed by atoms with E-state index >= 15 is 0 Å². The van der Waals surface area contributed by atoms with Crippen LogP contribution in [0.15, 0.2) is 60.7 Å². The van der Waals surface area contributed by atoms with Gasteiger partial charge in [-0.3, -0.25) is 9.59 Å². The molecular weight excluding hydrogens is 348 g/mol. The van der Waals surface area contributed by atoms with Gasteiger partial charge in [0.15, 0.2) is 0 Å². The van der Waals surface area contributed by atoms with Crippen molar-refractivity contribution in [2.24, 2.45) is 0 Å². The van der Waals surface area contributed by atoms with Crippen molar-refractivity contribution in [3.05, 3.63) is 71.8 Å². The molecule has 2 aromatic rings. The summed E-state index contributed by atoms with van der Waals surface area (Å²) >= 11 is 0. The summed E-state index contributed by atoms with van der Waals surface area (Å²) in [4.78, 5) is 27.6. The largest absolute Gasteiger partial charge is 0.352 e. The summed E-state index contributed by atoms with van der Waals surface area (Å²) in [6.45, 7) is 2.38. The first-order valence-corrected chi connectivity index (χ1v) is 10.3. The van der Waals surface area contributed by atoms with Gasteiger partial charge in [0.2, 0.25) is 11.8 Å². The Bertz CT molecular complexity index is 755. The Hall–Kier alpha value is -2.62. The highest BCUT2D eigenvalue weighted by Crippen LogP contribution is 2.18. The minimum atomic E-state index is -0.472. The summed E-state index contributed by atoms with van der Waals surface area (Å²) in [6.07, 6.45) is 5.48. The molecule has 0 unspecified atom stereocenters. The summed E-state index contributed by atoms with van der Waals surface area (Å²) in [5.74, 6) is -0.0439. The lowest BCUT2D eigenvalue weighted by Gasteiger charge is -2.30. The number of hydrogen-bond donors (Lipinski definition) is 1. The summed E-state index contributed by atoms with van der Waals surface area (Å²) in [5, 5.41) is 3.14. The minimum absolute atomic E-state index is 0.00352. The second-order valence-electron chi connectivity index (χ2n) is 7.65. The predicted octanol–water partition coefficient (Wildman–Crippen LogP) is 3.75. The standard InChI is InChI=1S/C24H30N2O2/c1-19(24(28)25-22-14-8-9-15-22)26(17-16-20-10-4-2-5-11-20)23(27)18-21-12-6-3-7-13-21/h2-7,10-13,19,22H,8-9,14-18H2,1H3,(H,25,28)/t19-/m1/s1. The Labute approximate surface area is 167 Å². The number of benzene rings is 2. The average Bonchev–Trinajstić information content (AvgIpc) is 3.22. The Morgan fingerprint density at radius 1 is 0.964 bits per heavy atom. The molecule has 0 aliphatic heterocycles. The third-order valence-electron chi connectivity index (χ3n) is 5.55. The third-order valence-corrected chi connectivity index (χ3v) is 5.55. The molecule has 28 heavy (non-hydrogen) atoms. The van der Waals surface area contributed by atoms with Gasteiger partial charge in [-0.05, 0) is 37.3 Å². The van der Waals surface area contributed by atoms with Crippen LogP contribution >= 0.6 is 0 Å². The molecule has 2 aromatic carbocycles. The van der Waals surface area contributed by atoms with Crippen LogP contribution < -0.4 is 5.32 Å². The highest BCUT2D eigenvalue weighted by atomic mass is 16.2. The molecule has 0 saturated heterocycles. The zero-order chi connectivity index (χ0) is 19.8. The first-order valence-electron chi connectivity index (χ1n) is 10.3. The smallest absolute Gasteiger partial charge is 0.242 e. The molecule has 0 aromatic heterocycles. The summed E-state index contributed by atoms with van der Waals surface area (Å²) < 4.78 is 0. The van der Waals surface area contributed by atoms with Crippen LogP contribution in [0.2, 0.25) is 0 Å². The van der Waals surface area contributed by atoms with Crippen LogP contribution in [0.1, 0.15) is 43.7 Å². The molecule has 3 rings (SSSR count). The van der Waals surface area contributed by atoms with Gasteiger partial charge in [0.25, 0.3) is 0 Å². The zero-order valence-corrected chi connectivity index (χ0v) is 16.6. The molecule has 1 fully saturated rings. The second kappa shape index (κ2) is 10.1. The van der Waals surface area contributed by atoms with E-state index in [1.54, 1.807) is 4.90 Å². The van der Waals surface area contributed by atoms with Gasteiger partial charge in [-0.25, -0.2) is 0 Å². The van der Waals surface area contributed by atoms with Crippen molar-refractivity contribution in [1.29, 1.82) is 0 Å². The number of hydrogen-bond acceptors (Lipinski definition) is 2. The summed E-state index contributed by atoms with van der Waals surface area (Å²) in [6, 6.07) is 19.6. The molecule has 148 valence electrons. The molecule has 1 saturated carbocycles. The normalized spacial score (nSPS) is 15.2. The van der Waals surface area contributed by atoms with E-state index in [9.17, 15) is 9.59 Å². The van der Waals surface area contributed by atoms with Gasteiger partial charge in [0.05, 0.1) is 6.42 Å². The fraction of sp³-hybridized carbons (Fsp3) is 0.417. The highest BCUT2D eigenvalue weighted by molar-refractivity contribution is 5.88. The van der Waals surface area contributed by atoms with Crippen molar-refractivity contribution in [3.8, 4) is 0 Å². The molecule has 1 N–H and O–H groups in total. The maximum Gasteiger partial charge on any atom is 0.242 e. The van der Waals surface area contributed by atoms with E-state index in [2.05, 4.69) is 17.4 Å². The Morgan fingerprint density at radius 3 is 2.14 bits per heavy atom. The molecule has 2 amide bonds. The fourth-order valence-corrected chi connectivity index (χ4v) is 3.83. The lowest BCUT2D eigenvalue weighted by atomic mass is 10.1. The molecule has 0 heterocycles. The average molecular weight is 379 g/mol. The van der Waals surface area contributed by atoms with Crippen molar-refractivity contribution in [2.75, 3.05) is 6.54 Å². The first-order chi connectivity index (χ1) is 13.6. The van der Waals surface area contributed by atoms with Crippen molar-refractivity contribution in [3.63, 3.8) is 0 Å². The van der Waals surface area contributed by atoms with Crippen molar-refractivity contribution < 1.29 is 9.59 Å². The quantitative estimate of drug-likeness (QED) is 0.761. The molecule has 0 bridgehead atoms. The van der Waals surface area contributed by atoms with E-state index < -0.39 is 6.04 Å². The van der Waals surface area contributed by atoms with Gasteiger partial charge < -0.3 is 10.2 Å². The number of carbonyl (C=O) groups excluding carboxylic acids is 2. The van der Waals surface area contributed by atoms with Crippen molar-refractivity contribution >= 4 is 11.8 Å². The SMILES string of the molecule is C[C@H](C(=O)NC1CCCC1)N(CCc1ccccc1)C(=O)Cc1ccccc1. The van der Waals surface area contributed by atoms with Crippen molar-refractivity contribution in [1.82, 2.24) is 10.2 Å². The van der Waals surface area contributed by atoms with Gasteiger partial charge in [-0.15, -0.1) is 0 Å². The molecule has 0 radical (unpaired) electrons. The fourth-order valence-electron chi connectivity index (χ4n) is 3.83. The summed E-state index contributed by atoms with van der Waals surface area (Å²) in [5.41, 5.74) is 2.14. The third kappa shape index (κ3) is 5.69.